The molecular weight excluding hydrogens is 456 g/mol. The molecule has 0 spiro atoms. The summed E-state index contributed by atoms with van der Waals surface area (Å²) in [7, 11) is -3.34. The van der Waals surface area contributed by atoms with Gasteiger partial charge < -0.3 is 20.5 Å². The lowest BCUT2D eigenvalue weighted by Crippen LogP contribution is -2.28. The van der Waals surface area contributed by atoms with Crippen LogP contribution in [0.2, 0.25) is 0 Å². The predicted molar refractivity (Wildman–Crippen MR) is 130 cm³/mol. The van der Waals surface area contributed by atoms with Crippen LogP contribution in [0.3, 0.4) is 0 Å². The van der Waals surface area contributed by atoms with E-state index in [0.29, 0.717) is 17.7 Å². The molecule has 0 amide bonds. The molecule has 0 aliphatic rings. The van der Waals surface area contributed by atoms with Crippen molar-refractivity contribution in [3.05, 3.63) is 71.4 Å². The Morgan fingerprint density at radius 3 is 2.53 bits per heavy atom. The summed E-state index contributed by atoms with van der Waals surface area (Å²) in [5.74, 6) is -0.171. The van der Waals surface area contributed by atoms with Gasteiger partial charge in [0.25, 0.3) is 0 Å². The van der Waals surface area contributed by atoms with Crippen LogP contribution < -0.4 is 10.6 Å². The standard InChI is InChI=1S/C24H28N4O5S/c1-4-33-23(30)20-14-25-24(27-18-10-11-21(16(2)12-18)34(3,31)32)28-22(20)26-19(15-29)13-17-8-6-5-7-9-17/h5-12,14,19,29H,4,13,15H2,1-3H3,(H2,25,26,27,28)/t19-/m0/s1. The third kappa shape index (κ3) is 6.52. The quantitative estimate of drug-likeness (QED) is 0.372. The van der Waals surface area contributed by atoms with Crippen molar-refractivity contribution in [1.82, 2.24) is 9.97 Å². The minimum absolute atomic E-state index is 0.141. The summed E-state index contributed by atoms with van der Waals surface area (Å²) in [5, 5.41) is 16.1. The summed E-state index contributed by atoms with van der Waals surface area (Å²) in [6.07, 6.45) is 3.02. The van der Waals surface area contributed by atoms with Gasteiger partial charge in [-0.1, -0.05) is 30.3 Å². The van der Waals surface area contributed by atoms with E-state index in [1.807, 2.05) is 30.3 Å². The van der Waals surface area contributed by atoms with Crippen molar-refractivity contribution in [2.75, 3.05) is 30.1 Å². The molecule has 9 nitrogen and oxygen atoms in total. The number of benzene rings is 2. The number of carbonyl (C=O) groups excluding carboxylic acids is 1. The Morgan fingerprint density at radius 2 is 1.91 bits per heavy atom. The molecule has 10 heteroatoms. The van der Waals surface area contributed by atoms with Gasteiger partial charge in [-0.25, -0.2) is 18.2 Å². The number of ether oxygens (including phenoxy) is 1. The van der Waals surface area contributed by atoms with Crippen molar-refractivity contribution in [2.24, 2.45) is 0 Å². The molecule has 1 aromatic heterocycles. The van der Waals surface area contributed by atoms with Crippen LogP contribution in [0.15, 0.2) is 59.6 Å². The number of sulfone groups is 1. The van der Waals surface area contributed by atoms with E-state index in [4.69, 9.17) is 4.74 Å². The van der Waals surface area contributed by atoms with E-state index >= 15 is 0 Å². The molecule has 0 aliphatic heterocycles. The number of hydrogen-bond donors (Lipinski definition) is 3. The van der Waals surface area contributed by atoms with Crippen LogP contribution >= 0.6 is 0 Å². The Kier molecular flexibility index (Phi) is 8.19. The second-order valence-electron chi connectivity index (χ2n) is 7.77. The summed E-state index contributed by atoms with van der Waals surface area (Å²) >= 11 is 0. The first-order valence-electron chi connectivity index (χ1n) is 10.7. The summed E-state index contributed by atoms with van der Waals surface area (Å²) in [4.78, 5) is 21.3. The second-order valence-corrected chi connectivity index (χ2v) is 9.75. The number of aliphatic hydroxyl groups excluding tert-OH is 1. The van der Waals surface area contributed by atoms with Gasteiger partial charge in [0.1, 0.15) is 11.4 Å². The molecule has 1 atom stereocenters. The Morgan fingerprint density at radius 1 is 1.18 bits per heavy atom. The van der Waals surface area contributed by atoms with E-state index < -0.39 is 21.8 Å². The van der Waals surface area contributed by atoms with Crippen molar-refractivity contribution in [1.29, 1.82) is 0 Å². The number of nitrogens with zero attached hydrogens (tertiary/aromatic N) is 2. The van der Waals surface area contributed by atoms with Crippen molar-refractivity contribution in [3.63, 3.8) is 0 Å². The van der Waals surface area contributed by atoms with E-state index in [-0.39, 0.29) is 35.4 Å². The van der Waals surface area contributed by atoms with Gasteiger partial charge in [0.2, 0.25) is 5.95 Å². The summed E-state index contributed by atoms with van der Waals surface area (Å²) < 4.78 is 28.9. The first kappa shape index (κ1) is 25.1. The molecule has 3 N–H and O–H groups in total. The molecule has 0 saturated carbocycles. The molecule has 0 radical (unpaired) electrons. The fraction of sp³-hybridized carbons (Fsp3) is 0.292. The lowest BCUT2D eigenvalue weighted by molar-refractivity contribution is 0.0526. The number of esters is 1. The maximum atomic E-state index is 12.5. The summed E-state index contributed by atoms with van der Waals surface area (Å²) in [5.41, 5.74) is 2.32. The van der Waals surface area contributed by atoms with Crippen LogP contribution in [0.25, 0.3) is 0 Å². The molecule has 180 valence electrons. The number of hydrogen-bond acceptors (Lipinski definition) is 9. The van der Waals surface area contributed by atoms with Crippen LogP contribution in [0, 0.1) is 6.92 Å². The van der Waals surface area contributed by atoms with Crippen LogP contribution in [0.5, 0.6) is 0 Å². The Balaban J connectivity index is 1.89. The van der Waals surface area contributed by atoms with Crippen molar-refractivity contribution < 1.29 is 23.1 Å². The zero-order valence-corrected chi connectivity index (χ0v) is 20.1. The molecule has 0 saturated heterocycles. The third-order valence-corrected chi connectivity index (χ3v) is 6.26. The normalized spacial score (nSPS) is 12.1. The number of nitrogens with one attached hydrogen (secondary N) is 2. The molecule has 0 bridgehead atoms. The molecule has 0 fully saturated rings. The molecule has 3 aromatic rings. The number of aromatic nitrogens is 2. The van der Waals surface area contributed by atoms with Crippen molar-refractivity contribution >= 4 is 33.3 Å². The van der Waals surface area contributed by atoms with Gasteiger partial charge >= 0.3 is 5.97 Å². The maximum absolute atomic E-state index is 12.5. The number of anilines is 3. The topological polar surface area (TPSA) is 131 Å². The summed E-state index contributed by atoms with van der Waals surface area (Å²) in [6, 6.07) is 14.0. The molecule has 2 aromatic carbocycles. The Hall–Kier alpha value is -3.50. The third-order valence-electron chi connectivity index (χ3n) is 5.00. The van der Waals surface area contributed by atoms with Gasteiger partial charge in [-0.3, -0.25) is 0 Å². The summed E-state index contributed by atoms with van der Waals surface area (Å²) in [6.45, 7) is 3.42. The maximum Gasteiger partial charge on any atom is 0.343 e. The molecule has 34 heavy (non-hydrogen) atoms. The number of aliphatic hydroxyl groups is 1. The number of rotatable bonds is 10. The number of aryl methyl sites for hydroxylation is 1. The van der Waals surface area contributed by atoms with Crippen LogP contribution in [0.4, 0.5) is 17.5 Å². The Labute approximate surface area is 199 Å². The highest BCUT2D eigenvalue weighted by Gasteiger charge is 2.20. The highest BCUT2D eigenvalue weighted by Crippen LogP contribution is 2.23. The fourth-order valence-electron chi connectivity index (χ4n) is 3.44. The van der Waals surface area contributed by atoms with E-state index in [2.05, 4.69) is 20.6 Å². The zero-order valence-electron chi connectivity index (χ0n) is 19.3. The molecular formula is C24H28N4O5S. The van der Waals surface area contributed by atoms with Crippen LogP contribution in [-0.2, 0) is 21.0 Å². The minimum Gasteiger partial charge on any atom is -0.462 e. The van der Waals surface area contributed by atoms with Gasteiger partial charge in [0, 0.05) is 18.1 Å². The fourth-order valence-corrected chi connectivity index (χ4v) is 4.39. The molecule has 3 rings (SSSR count). The van der Waals surface area contributed by atoms with Crippen LogP contribution in [0.1, 0.15) is 28.4 Å². The largest absolute Gasteiger partial charge is 0.462 e. The molecule has 0 aliphatic carbocycles. The zero-order chi connectivity index (χ0) is 24.7. The van der Waals surface area contributed by atoms with Crippen LogP contribution in [-0.4, -0.2) is 55.0 Å². The van der Waals surface area contributed by atoms with Gasteiger partial charge in [0.05, 0.1) is 24.2 Å². The van der Waals surface area contributed by atoms with E-state index in [0.717, 1.165) is 11.8 Å². The average Bonchev–Trinajstić information content (AvgIpc) is 2.79. The van der Waals surface area contributed by atoms with Gasteiger partial charge in [-0.05, 0) is 49.6 Å². The predicted octanol–water partition coefficient (Wildman–Crippen LogP) is 3.12. The lowest BCUT2D eigenvalue weighted by Gasteiger charge is -2.19. The first-order valence-corrected chi connectivity index (χ1v) is 12.6. The van der Waals surface area contributed by atoms with Gasteiger partial charge in [-0.15, -0.1) is 0 Å². The highest BCUT2D eigenvalue weighted by molar-refractivity contribution is 7.90. The SMILES string of the molecule is CCOC(=O)c1cnc(Nc2ccc(S(C)(=O)=O)c(C)c2)nc1N[C@H](CO)Cc1ccccc1. The lowest BCUT2D eigenvalue weighted by atomic mass is 10.1. The second kappa shape index (κ2) is 11.1. The Bertz CT molecular complexity index is 1250. The average molecular weight is 485 g/mol. The van der Waals surface area contributed by atoms with E-state index in [1.54, 1.807) is 26.0 Å². The highest BCUT2D eigenvalue weighted by atomic mass is 32.2. The molecule has 0 unspecified atom stereocenters. The number of carbonyl (C=O) groups is 1. The van der Waals surface area contributed by atoms with E-state index in [9.17, 15) is 18.3 Å². The first-order chi connectivity index (χ1) is 16.2. The van der Waals surface area contributed by atoms with Gasteiger partial charge in [0.15, 0.2) is 9.84 Å². The van der Waals surface area contributed by atoms with Crippen molar-refractivity contribution in [3.8, 4) is 0 Å². The van der Waals surface area contributed by atoms with Gasteiger partial charge in [-0.2, -0.15) is 4.98 Å². The molecule has 1 heterocycles. The minimum atomic E-state index is -3.34. The van der Waals surface area contributed by atoms with E-state index in [1.165, 1.54) is 12.3 Å². The monoisotopic (exact) mass is 484 g/mol. The smallest absolute Gasteiger partial charge is 0.343 e. The van der Waals surface area contributed by atoms with Crippen molar-refractivity contribution in [2.45, 2.75) is 31.2 Å².